The van der Waals surface area contributed by atoms with Gasteiger partial charge in [0.1, 0.15) is 5.82 Å². The molecule has 3 aromatic rings. The second-order valence-corrected chi connectivity index (χ2v) is 4.54. The van der Waals surface area contributed by atoms with Crippen LogP contribution >= 0.6 is 0 Å². The summed E-state index contributed by atoms with van der Waals surface area (Å²) in [5.74, 6) is 0.829. The molecule has 0 atom stereocenters. The largest absolute Gasteiger partial charge is 0.398 e. The first-order valence-electron chi connectivity index (χ1n) is 6.21. The van der Waals surface area contributed by atoms with Crippen molar-refractivity contribution in [1.82, 2.24) is 4.98 Å². The van der Waals surface area contributed by atoms with E-state index in [2.05, 4.69) is 16.4 Å². The Balaban J connectivity index is 2.12. The Morgan fingerprint density at radius 2 is 1.74 bits per heavy atom. The van der Waals surface area contributed by atoms with Gasteiger partial charge in [0.05, 0.1) is 0 Å². The van der Waals surface area contributed by atoms with Gasteiger partial charge in [-0.1, -0.05) is 30.3 Å². The molecular formula is C16H15N3. The van der Waals surface area contributed by atoms with Crippen LogP contribution in [0.1, 0.15) is 5.56 Å². The molecule has 0 spiro atoms. The fourth-order valence-electron chi connectivity index (χ4n) is 2.15. The number of hydrogen-bond acceptors (Lipinski definition) is 3. The molecule has 0 unspecified atom stereocenters. The molecule has 0 aliphatic heterocycles. The van der Waals surface area contributed by atoms with E-state index < -0.39 is 0 Å². The highest BCUT2D eigenvalue weighted by Gasteiger charge is 2.06. The average molecular weight is 249 g/mol. The first-order valence-corrected chi connectivity index (χ1v) is 6.21. The lowest BCUT2D eigenvalue weighted by atomic mass is 10.1. The van der Waals surface area contributed by atoms with E-state index in [-0.39, 0.29) is 0 Å². The van der Waals surface area contributed by atoms with Crippen molar-refractivity contribution in [2.24, 2.45) is 0 Å². The number of nitrogen functional groups attached to an aromatic ring is 1. The molecule has 94 valence electrons. The van der Waals surface area contributed by atoms with Crippen LogP contribution in [-0.2, 0) is 0 Å². The van der Waals surface area contributed by atoms with Crippen LogP contribution in [-0.4, -0.2) is 4.98 Å². The van der Waals surface area contributed by atoms with Crippen molar-refractivity contribution in [3.05, 3.63) is 60.3 Å². The third kappa shape index (κ3) is 2.10. The third-order valence-electron chi connectivity index (χ3n) is 3.24. The number of fused-ring (bicyclic) bond motifs is 1. The number of pyridine rings is 1. The highest BCUT2D eigenvalue weighted by Crippen LogP contribution is 2.29. The minimum Gasteiger partial charge on any atom is -0.398 e. The summed E-state index contributed by atoms with van der Waals surface area (Å²) in [5, 5.41) is 5.40. The average Bonchev–Trinajstić information content (AvgIpc) is 2.45. The fraction of sp³-hybridized carbons (Fsp3) is 0.0625. The van der Waals surface area contributed by atoms with Gasteiger partial charge in [-0.15, -0.1) is 0 Å². The molecule has 0 aliphatic carbocycles. The number of nitrogens with two attached hydrogens (primary N) is 1. The molecule has 3 rings (SSSR count). The normalized spacial score (nSPS) is 10.6. The van der Waals surface area contributed by atoms with Gasteiger partial charge in [-0.2, -0.15) is 0 Å². The maximum absolute atomic E-state index is 6.12. The van der Waals surface area contributed by atoms with E-state index in [1.165, 1.54) is 0 Å². The molecule has 0 amide bonds. The van der Waals surface area contributed by atoms with Gasteiger partial charge in [-0.3, -0.25) is 0 Å². The summed E-state index contributed by atoms with van der Waals surface area (Å²) >= 11 is 0. The Bertz CT molecular complexity index is 721. The monoisotopic (exact) mass is 249 g/mol. The Kier molecular flexibility index (Phi) is 2.80. The number of aryl methyl sites for hydroxylation is 1. The zero-order valence-electron chi connectivity index (χ0n) is 10.7. The van der Waals surface area contributed by atoms with Crippen molar-refractivity contribution in [2.75, 3.05) is 11.1 Å². The molecule has 0 bridgehead atoms. The van der Waals surface area contributed by atoms with Gasteiger partial charge in [-0.05, 0) is 30.7 Å². The Morgan fingerprint density at radius 1 is 0.947 bits per heavy atom. The van der Waals surface area contributed by atoms with E-state index in [0.717, 1.165) is 33.5 Å². The van der Waals surface area contributed by atoms with Crippen LogP contribution in [0.4, 0.5) is 17.2 Å². The van der Waals surface area contributed by atoms with Gasteiger partial charge in [0, 0.05) is 28.3 Å². The van der Waals surface area contributed by atoms with Gasteiger partial charge in [0.15, 0.2) is 0 Å². The first kappa shape index (κ1) is 11.5. The second-order valence-electron chi connectivity index (χ2n) is 4.54. The molecule has 0 aliphatic rings. The topological polar surface area (TPSA) is 50.9 Å². The van der Waals surface area contributed by atoms with Crippen molar-refractivity contribution in [2.45, 2.75) is 6.92 Å². The van der Waals surface area contributed by atoms with Crippen molar-refractivity contribution in [3.8, 4) is 0 Å². The van der Waals surface area contributed by atoms with Crippen LogP contribution < -0.4 is 11.1 Å². The molecule has 1 aromatic heterocycles. The molecule has 19 heavy (non-hydrogen) atoms. The number of hydrogen-bond donors (Lipinski definition) is 2. The lowest BCUT2D eigenvalue weighted by Gasteiger charge is -2.11. The van der Waals surface area contributed by atoms with Crippen molar-refractivity contribution >= 4 is 28.0 Å². The minimum absolute atomic E-state index is 0.816. The van der Waals surface area contributed by atoms with Crippen LogP contribution in [0.3, 0.4) is 0 Å². The van der Waals surface area contributed by atoms with Gasteiger partial charge in [0.2, 0.25) is 0 Å². The fourth-order valence-corrected chi connectivity index (χ4v) is 2.15. The van der Waals surface area contributed by atoms with Crippen molar-refractivity contribution < 1.29 is 0 Å². The van der Waals surface area contributed by atoms with Gasteiger partial charge in [0.25, 0.3) is 0 Å². The number of rotatable bonds is 2. The second kappa shape index (κ2) is 4.61. The van der Waals surface area contributed by atoms with E-state index >= 15 is 0 Å². The molecule has 3 N–H and O–H groups in total. The van der Waals surface area contributed by atoms with Crippen LogP contribution in [0.15, 0.2) is 54.7 Å². The molecule has 2 aromatic carbocycles. The van der Waals surface area contributed by atoms with Crippen molar-refractivity contribution in [3.63, 3.8) is 0 Å². The highest BCUT2D eigenvalue weighted by atomic mass is 15.0. The van der Waals surface area contributed by atoms with Crippen LogP contribution in [0, 0.1) is 6.92 Å². The lowest BCUT2D eigenvalue weighted by Crippen LogP contribution is -1.97. The summed E-state index contributed by atoms with van der Waals surface area (Å²) < 4.78 is 0. The smallest absolute Gasteiger partial charge is 0.138 e. The van der Waals surface area contributed by atoms with E-state index in [0.29, 0.717) is 0 Å². The summed E-state index contributed by atoms with van der Waals surface area (Å²) in [5.41, 5.74) is 9.04. The third-order valence-corrected chi connectivity index (χ3v) is 3.24. The molecule has 0 saturated heterocycles. The first-order chi connectivity index (χ1) is 9.25. The van der Waals surface area contributed by atoms with Crippen LogP contribution in [0.25, 0.3) is 10.8 Å². The van der Waals surface area contributed by atoms with Gasteiger partial charge >= 0.3 is 0 Å². The van der Waals surface area contributed by atoms with Gasteiger partial charge < -0.3 is 11.1 Å². The Labute approximate surface area is 112 Å². The lowest BCUT2D eigenvalue weighted by molar-refractivity contribution is 1.33. The van der Waals surface area contributed by atoms with Crippen LogP contribution in [0.5, 0.6) is 0 Å². The minimum atomic E-state index is 0.816. The number of anilines is 3. The molecule has 3 heteroatoms. The zero-order valence-corrected chi connectivity index (χ0v) is 10.7. The van der Waals surface area contributed by atoms with Crippen LogP contribution in [0.2, 0.25) is 0 Å². The molecule has 0 saturated carbocycles. The summed E-state index contributed by atoms with van der Waals surface area (Å²) in [6.45, 7) is 2.01. The number of nitrogens with zero attached hydrogens (tertiary/aromatic N) is 1. The SMILES string of the molecule is Cc1ccc2c(Nc3ccccc3)nccc2c1N. The summed E-state index contributed by atoms with van der Waals surface area (Å²) in [7, 11) is 0. The van der Waals surface area contributed by atoms with Crippen molar-refractivity contribution in [1.29, 1.82) is 0 Å². The highest BCUT2D eigenvalue weighted by molar-refractivity contribution is 6.01. The summed E-state index contributed by atoms with van der Waals surface area (Å²) in [6, 6.07) is 16.0. The molecule has 3 nitrogen and oxygen atoms in total. The van der Waals surface area contributed by atoms with E-state index in [4.69, 9.17) is 5.73 Å². The predicted octanol–water partition coefficient (Wildman–Crippen LogP) is 3.87. The Hall–Kier alpha value is -2.55. The standard InChI is InChI=1S/C16H15N3/c1-11-7-8-14-13(15(11)17)9-10-18-16(14)19-12-5-3-2-4-6-12/h2-10H,17H2,1H3,(H,18,19). The van der Waals surface area contributed by atoms with E-state index in [9.17, 15) is 0 Å². The maximum Gasteiger partial charge on any atom is 0.138 e. The molecule has 0 fully saturated rings. The molecule has 0 radical (unpaired) electrons. The molecule has 1 heterocycles. The zero-order chi connectivity index (χ0) is 13.2. The summed E-state index contributed by atoms with van der Waals surface area (Å²) in [6.07, 6.45) is 1.78. The quantitative estimate of drug-likeness (QED) is 0.678. The number of para-hydroxylation sites is 1. The maximum atomic E-state index is 6.12. The van der Waals surface area contributed by atoms with Gasteiger partial charge in [-0.25, -0.2) is 4.98 Å². The number of benzene rings is 2. The molecular weight excluding hydrogens is 234 g/mol. The van der Waals surface area contributed by atoms with E-state index in [1.807, 2.05) is 49.4 Å². The number of nitrogens with one attached hydrogen (secondary N) is 1. The summed E-state index contributed by atoms with van der Waals surface area (Å²) in [4.78, 5) is 4.41. The number of aromatic nitrogens is 1. The Morgan fingerprint density at radius 3 is 2.53 bits per heavy atom. The van der Waals surface area contributed by atoms with E-state index in [1.54, 1.807) is 6.20 Å². The predicted molar refractivity (Wildman–Crippen MR) is 80.6 cm³/mol.